The van der Waals surface area contributed by atoms with E-state index in [1.165, 1.54) is 0 Å². The molecule has 1 aromatic carbocycles. The molecular weight excluding hydrogens is 312 g/mol. The number of rotatable bonds is 5. The van der Waals surface area contributed by atoms with Crippen LogP contribution in [-0.2, 0) is 0 Å². The van der Waals surface area contributed by atoms with Gasteiger partial charge < -0.3 is 10.2 Å². The predicted molar refractivity (Wildman–Crippen MR) is 98.3 cm³/mol. The third-order valence-corrected chi connectivity index (χ3v) is 4.96. The molecular formula is C20H26N4O. The average molecular weight is 338 g/mol. The van der Waals surface area contributed by atoms with E-state index in [9.17, 15) is 4.79 Å². The van der Waals surface area contributed by atoms with Crippen LogP contribution in [-0.4, -0.2) is 40.4 Å². The van der Waals surface area contributed by atoms with Gasteiger partial charge in [0.15, 0.2) is 0 Å². The molecule has 0 saturated carbocycles. The van der Waals surface area contributed by atoms with E-state index in [0.29, 0.717) is 5.92 Å². The van der Waals surface area contributed by atoms with Gasteiger partial charge in [0.1, 0.15) is 0 Å². The summed E-state index contributed by atoms with van der Waals surface area (Å²) in [6.07, 6.45) is 5.55. The fraction of sp³-hybridized carbons (Fsp3) is 0.450. The lowest BCUT2D eigenvalue weighted by Crippen LogP contribution is -2.41. The van der Waals surface area contributed by atoms with Gasteiger partial charge >= 0.3 is 0 Å². The first-order valence-corrected chi connectivity index (χ1v) is 9.00. The Labute approximate surface area is 149 Å². The molecule has 2 heterocycles. The van der Waals surface area contributed by atoms with Crippen LogP contribution in [0.3, 0.4) is 0 Å². The van der Waals surface area contributed by atoms with Crippen LogP contribution >= 0.6 is 0 Å². The molecule has 1 saturated heterocycles. The molecule has 1 N–H and O–H groups in total. The van der Waals surface area contributed by atoms with Gasteiger partial charge in [-0.15, -0.1) is 0 Å². The van der Waals surface area contributed by atoms with Crippen molar-refractivity contribution in [3.05, 3.63) is 59.7 Å². The zero-order valence-corrected chi connectivity index (χ0v) is 15.0. The second kappa shape index (κ2) is 8.21. The summed E-state index contributed by atoms with van der Waals surface area (Å²) in [4.78, 5) is 23.2. The van der Waals surface area contributed by atoms with Crippen LogP contribution < -0.4 is 5.32 Å². The van der Waals surface area contributed by atoms with Crippen molar-refractivity contribution in [2.45, 2.75) is 32.7 Å². The van der Waals surface area contributed by atoms with Crippen molar-refractivity contribution in [1.29, 1.82) is 0 Å². The van der Waals surface area contributed by atoms with Crippen LogP contribution in [0, 0.1) is 12.8 Å². The molecule has 5 nitrogen and oxygen atoms in total. The second-order valence-corrected chi connectivity index (χ2v) is 6.76. The van der Waals surface area contributed by atoms with E-state index in [0.717, 1.165) is 49.4 Å². The SMILES string of the molecule is Cc1nccnc1C(C)NCC1CCN(C(=O)c2ccccc2)CC1. The van der Waals surface area contributed by atoms with Gasteiger partial charge in [-0.1, -0.05) is 18.2 Å². The minimum Gasteiger partial charge on any atom is -0.339 e. The van der Waals surface area contributed by atoms with E-state index in [1.54, 1.807) is 12.4 Å². The molecule has 2 aromatic rings. The van der Waals surface area contributed by atoms with Gasteiger partial charge in [0.05, 0.1) is 11.4 Å². The number of nitrogens with one attached hydrogen (secondary N) is 1. The first kappa shape index (κ1) is 17.5. The van der Waals surface area contributed by atoms with Crippen LogP contribution in [0.2, 0.25) is 0 Å². The molecule has 5 heteroatoms. The fourth-order valence-corrected chi connectivity index (χ4v) is 3.39. The van der Waals surface area contributed by atoms with Crippen molar-refractivity contribution < 1.29 is 4.79 Å². The lowest BCUT2D eigenvalue weighted by molar-refractivity contribution is 0.0689. The first-order valence-electron chi connectivity index (χ1n) is 9.00. The maximum atomic E-state index is 12.5. The van der Waals surface area contributed by atoms with Crippen LogP contribution in [0.4, 0.5) is 0 Å². The number of amides is 1. The molecule has 1 aliphatic heterocycles. The Morgan fingerprint density at radius 1 is 1.20 bits per heavy atom. The normalized spacial score (nSPS) is 16.6. The molecule has 0 aliphatic carbocycles. The van der Waals surface area contributed by atoms with Gasteiger partial charge in [-0.05, 0) is 51.3 Å². The van der Waals surface area contributed by atoms with E-state index in [2.05, 4.69) is 22.2 Å². The van der Waals surface area contributed by atoms with Gasteiger partial charge in [-0.2, -0.15) is 0 Å². The van der Waals surface area contributed by atoms with Crippen LogP contribution in [0.1, 0.15) is 47.6 Å². The Morgan fingerprint density at radius 2 is 1.88 bits per heavy atom. The van der Waals surface area contributed by atoms with Gasteiger partial charge in [-0.3, -0.25) is 14.8 Å². The number of benzene rings is 1. The summed E-state index contributed by atoms with van der Waals surface area (Å²) in [5.74, 6) is 0.745. The molecule has 1 fully saturated rings. The van der Waals surface area contributed by atoms with Crippen molar-refractivity contribution in [3.8, 4) is 0 Å². The molecule has 1 unspecified atom stereocenters. The van der Waals surface area contributed by atoms with Gasteiger partial charge in [0.25, 0.3) is 5.91 Å². The van der Waals surface area contributed by atoms with Crippen molar-refractivity contribution in [1.82, 2.24) is 20.2 Å². The van der Waals surface area contributed by atoms with Crippen LogP contribution in [0.25, 0.3) is 0 Å². The highest BCUT2D eigenvalue weighted by Gasteiger charge is 2.24. The van der Waals surface area contributed by atoms with E-state index < -0.39 is 0 Å². The van der Waals surface area contributed by atoms with E-state index in [1.807, 2.05) is 42.2 Å². The third kappa shape index (κ3) is 4.42. The number of carbonyl (C=O) groups is 1. The fourth-order valence-electron chi connectivity index (χ4n) is 3.39. The van der Waals surface area contributed by atoms with Crippen LogP contribution in [0.15, 0.2) is 42.7 Å². The molecule has 1 aromatic heterocycles. The molecule has 0 radical (unpaired) electrons. The zero-order valence-electron chi connectivity index (χ0n) is 15.0. The molecule has 132 valence electrons. The molecule has 1 atom stereocenters. The summed E-state index contributed by atoms with van der Waals surface area (Å²) in [7, 11) is 0. The molecule has 25 heavy (non-hydrogen) atoms. The van der Waals surface area contributed by atoms with Crippen LogP contribution in [0.5, 0.6) is 0 Å². The number of aryl methyl sites for hydroxylation is 1. The van der Waals surface area contributed by atoms with E-state index in [4.69, 9.17) is 0 Å². The number of hydrogen-bond acceptors (Lipinski definition) is 4. The molecule has 0 bridgehead atoms. The van der Waals surface area contributed by atoms with Crippen molar-refractivity contribution >= 4 is 5.91 Å². The number of hydrogen-bond donors (Lipinski definition) is 1. The smallest absolute Gasteiger partial charge is 0.253 e. The monoisotopic (exact) mass is 338 g/mol. The number of aromatic nitrogens is 2. The van der Waals surface area contributed by atoms with Crippen molar-refractivity contribution in [2.24, 2.45) is 5.92 Å². The Balaban J connectivity index is 1.47. The van der Waals surface area contributed by atoms with Crippen molar-refractivity contribution in [3.63, 3.8) is 0 Å². The number of nitrogens with zero attached hydrogens (tertiary/aromatic N) is 3. The molecule has 1 amide bonds. The van der Waals surface area contributed by atoms with E-state index >= 15 is 0 Å². The maximum Gasteiger partial charge on any atom is 0.253 e. The predicted octanol–water partition coefficient (Wildman–Crippen LogP) is 2.99. The summed E-state index contributed by atoms with van der Waals surface area (Å²) in [5.41, 5.74) is 2.77. The standard InChI is InChI=1S/C20H26N4O/c1-15-19(22-11-10-21-15)16(2)23-14-17-8-12-24(13-9-17)20(25)18-6-4-3-5-7-18/h3-7,10-11,16-17,23H,8-9,12-14H2,1-2H3. The number of likely N-dealkylation sites (tertiary alicyclic amines) is 1. The summed E-state index contributed by atoms with van der Waals surface area (Å²) < 4.78 is 0. The number of piperidine rings is 1. The Morgan fingerprint density at radius 3 is 2.56 bits per heavy atom. The minimum atomic E-state index is 0.149. The van der Waals surface area contributed by atoms with Gasteiger partial charge in [0, 0.05) is 37.1 Å². The quantitative estimate of drug-likeness (QED) is 0.910. The lowest BCUT2D eigenvalue weighted by atomic mass is 9.95. The third-order valence-electron chi connectivity index (χ3n) is 4.96. The topological polar surface area (TPSA) is 58.1 Å². The lowest BCUT2D eigenvalue weighted by Gasteiger charge is -2.32. The Hall–Kier alpha value is -2.27. The summed E-state index contributed by atoms with van der Waals surface area (Å²) in [6.45, 7) is 6.74. The highest BCUT2D eigenvalue weighted by Crippen LogP contribution is 2.20. The van der Waals surface area contributed by atoms with E-state index in [-0.39, 0.29) is 11.9 Å². The molecule has 0 spiro atoms. The highest BCUT2D eigenvalue weighted by atomic mass is 16.2. The maximum absolute atomic E-state index is 12.5. The van der Waals surface area contributed by atoms with Gasteiger partial charge in [0.2, 0.25) is 0 Å². The second-order valence-electron chi connectivity index (χ2n) is 6.76. The molecule has 1 aliphatic rings. The molecule has 3 rings (SSSR count). The van der Waals surface area contributed by atoms with Gasteiger partial charge in [-0.25, -0.2) is 0 Å². The Bertz CT molecular complexity index is 696. The average Bonchev–Trinajstić information content (AvgIpc) is 2.67. The number of carbonyl (C=O) groups excluding carboxylic acids is 1. The summed E-state index contributed by atoms with van der Waals surface area (Å²) in [5, 5.41) is 3.58. The van der Waals surface area contributed by atoms with Crippen molar-refractivity contribution in [2.75, 3.05) is 19.6 Å². The largest absolute Gasteiger partial charge is 0.339 e. The zero-order chi connectivity index (χ0) is 17.6. The minimum absolute atomic E-state index is 0.149. The summed E-state index contributed by atoms with van der Waals surface area (Å²) in [6, 6.07) is 9.74. The first-order chi connectivity index (χ1) is 12.1. The Kier molecular flexibility index (Phi) is 5.76. The summed E-state index contributed by atoms with van der Waals surface area (Å²) >= 11 is 0. The highest BCUT2D eigenvalue weighted by molar-refractivity contribution is 5.94.